The molecule has 3 heteroatoms. The van der Waals surface area contributed by atoms with Gasteiger partial charge in [-0.15, -0.1) is 0 Å². The molecular formula is C12H13BrN2. The van der Waals surface area contributed by atoms with Crippen LogP contribution in [0.2, 0.25) is 0 Å². The highest BCUT2D eigenvalue weighted by molar-refractivity contribution is 9.10. The van der Waals surface area contributed by atoms with Gasteiger partial charge >= 0.3 is 0 Å². The number of nitrogens with zero attached hydrogens (tertiary/aromatic N) is 1. The molecule has 0 saturated heterocycles. The molecule has 2 heterocycles. The van der Waals surface area contributed by atoms with Crippen LogP contribution in [0.15, 0.2) is 16.7 Å². The summed E-state index contributed by atoms with van der Waals surface area (Å²) in [5.74, 6) is 0. The van der Waals surface area contributed by atoms with Crippen LogP contribution in [0.25, 0.3) is 11.0 Å². The minimum Gasteiger partial charge on any atom is -0.343 e. The molecule has 1 aliphatic carbocycles. The van der Waals surface area contributed by atoms with Crippen molar-refractivity contribution in [3.63, 3.8) is 0 Å². The molecule has 0 bridgehead atoms. The van der Waals surface area contributed by atoms with Crippen molar-refractivity contribution < 1.29 is 0 Å². The summed E-state index contributed by atoms with van der Waals surface area (Å²) >= 11 is 3.41. The standard InChI is InChI=1S/C12H13BrN2/c13-11-7-6-9-8-4-2-1-3-5-10(8)14-12(9)15-11/h6-7H,1-5H2,(H,14,15). The number of hydrogen-bond donors (Lipinski definition) is 1. The second kappa shape index (κ2) is 3.63. The maximum absolute atomic E-state index is 4.47. The molecule has 0 unspecified atom stereocenters. The minimum atomic E-state index is 0.909. The van der Waals surface area contributed by atoms with Gasteiger partial charge < -0.3 is 4.98 Å². The number of nitrogens with one attached hydrogen (secondary N) is 1. The minimum absolute atomic E-state index is 0.909. The van der Waals surface area contributed by atoms with Crippen LogP contribution >= 0.6 is 15.9 Å². The molecule has 0 aliphatic heterocycles. The van der Waals surface area contributed by atoms with E-state index < -0.39 is 0 Å². The summed E-state index contributed by atoms with van der Waals surface area (Å²) in [5.41, 5.74) is 3.95. The fourth-order valence-corrected chi connectivity index (χ4v) is 2.74. The van der Waals surface area contributed by atoms with E-state index in [1.807, 2.05) is 6.07 Å². The number of H-pyrrole nitrogens is 1. The molecule has 2 aromatic heterocycles. The lowest BCUT2D eigenvalue weighted by molar-refractivity contribution is 0.708. The monoisotopic (exact) mass is 264 g/mol. The Labute approximate surface area is 97.2 Å². The van der Waals surface area contributed by atoms with Crippen molar-refractivity contribution in [2.45, 2.75) is 32.1 Å². The van der Waals surface area contributed by atoms with Crippen molar-refractivity contribution >= 4 is 27.0 Å². The van der Waals surface area contributed by atoms with Gasteiger partial charge in [0.1, 0.15) is 10.3 Å². The molecule has 0 spiro atoms. The maximum Gasteiger partial charge on any atom is 0.139 e. The quantitative estimate of drug-likeness (QED) is 0.572. The molecule has 2 aromatic rings. The Bertz CT molecular complexity index is 502. The first-order valence-corrected chi connectivity index (χ1v) is 6.30. The highest BCUT2D eigenvalue weighted by Crippen LogP contribution is 2.28. The van der Waals surface area contributed by atoms with Crippen molar-refractivity contribution in [2.24, 2.45) is 0 Å². The van der Waals surface area contributed by atoms with Gasteiger partial charge in [0.25, 0.3) is 0 Å². The third-order valence-electron chi connectivity index (χ3n) is 3.17. The van der Waals surface area contributed by atoms with Gasteiger partial charge in [-0.3, -0.25) is 0 Å². The van der Waals surface area contributed by atoms with E-state index >= 15 is 0 Å². The molecule has 15 heavy (non-hydrogen) atoms. The molecule has 1 N–H and O–H groups in total. The SMILES string of the molecule is Brc1ccc2c3c([nH]c2n1)CCCCC3. The molecule has 0 fully saturated rings. The number of aromatic amines is 1. The number of rotatable bonds is 0. The average molecular weight is 265 g/mol. The van der Waals surface area contributed by atoms with Gasteiger partial charge in [-0.05, 0) is 59.3 Å². The summed E-state index contributed by atoms with van der Waals surface area (Å²) < 4.78 is 0.909. The molecule has 3 rings (SSSR count). The van der Waals surface area contributed by atoms with E-state index in [0.29, 0.717) is 0 Å². The van der Waals surface area contributed by atoms with Crippen molar-refractivity contribution in [2.75, 3.05) is 0 Å². The van der Waals surface area contributed by atoms with Crippen LogP contribution in [0.5, 0.6) is 0 Å². The fraction of sp³-hybridized carbons (Fsp3) is 0.417. The Morgan fingerprint density at radius 1 is 1.13 bits per heavy atom. The number of fused-ring (bicyclic) bond motifs is 3. The second-order valence-corrected chi connectivity index (χ2v) is 4.99. The number of pyridine rings is 1. The van der Waals surface area contributed by atoms with Crippen molar-refractivity contribution in [1.29, 1.82) is 0 Å². The summed E-state index contributed by atoms with van der Waals surface area (Å²) in [6, 6.07) is 4.20. The van der Waals surface area contributed by atoms with E-state index in [0.717, 1.165) is 10.3 Å². The predicted octanol–water partition coefficient (Wildman–Crippen LogP) is 3.59. The van der Waals surface area contributed by atoms with Crippen LogP contribution in [0.3, 0.4) is 0 Å². The van der Waals surface area contributed by atoms with E-state index in [4.69, 9.17) is 0 Å². The van der Waals surface area contributed by atoms with E-state index in [-0.39, 0.29) is 0 Å². The van der Waals surface area contributed by atoms with Crippen LogP contribution in [0, 0.1) is 0 Å². The Hall–Kier alpha value is -0.830. The highest BCUT2D eigenvalue weighted by atomic mass is 79.9. The van der Waals surface area contributed by atoms with Crippen molar-refractivity contribution in [3.8, 4) is 0 Å². The van der Waals surface area contributed by atoms with Crippen LogP contribution < -0.4 is 0 Å². The Kier molecular flexibility index (Phi) is 2.28. The van der Waals surface area contributed by atoms with Gasteiger partial charge in [-0.2, -0.15) is 0 Å². The third-order valence-corrected chi connectivity index (χ3v) is 3.62. The third kappa shape index (κ3) is 1.59. The van der Waals surface area contributed by atoms with Crippen LogP contribution in [-0.2, 0) is 12.8 Å². The normalized spacial score (nSPS) is 16.3. The number of halogens is 1. The predicted molar refractivity (Wildman–Crippen MR) is 65.1 cm³/mol. The van der Waals surface area contributed by atoms with Gasteiger partial charge in [-0.1, -0.05) is 6.42 Å². The van der Waals surface area contributed by atoms with Gasteiger partial charge in [-0.25, -0.2) is 4.98 Å². The van der Waals surface area contributed by atoms with Crippen molar-refractivity contribution in [1.82, 2.24) is 9.97 Å². The molecule has 1 aliphatic rings. The number of aryl methyl sites for hydroxylation is 2. The first-order chi connectivity index (χ1) is 7.34. The topological polar surface area (TPSA) is 28.7 Å². The molecule has 78 valence electrons. The number of aromatic nitrogens is 2. The molecule has 0 saturated carbocycles. The number of hydrogen-bond acceptors (Lipinski definition) is 1. The Morgan fingerprint density at radius 3 is 2.93 bits per heavy atom. The summed E-state index contributed by atoms with van der Waals surface area (Å²) in [4.78, 5) is 7.93. The smallest absolute Gasteiger partial charge is 0.139 e. The van der Waals surface area contributed by atoms with Gasteiger partial charge in [0.2, 0.25) is 0 Å². The molecule has 0 radical (unpaired) electrons. The van der Waals surface area contributed by atoms with Crippen LogP contribution in [0.4, 0.5) is 0 Å². The van der Waals surface area contributed by atoms with E-state index in [9.17, 15) is 0 Å². The summed E-state index contributed by atoms with van der Waals surface area (Å²) in [5, 5.41) is 1.31. The van der Waals surface area contributed by atoms with Crippen LogP contribution in [0.1, 0.15) is 30.5 Å². The van der Waals surface area contributed by atoms with E-state index in [1.54, 1.807) is 0 Å². The second-order valence-electron chi connectivity index (χ2n) is 4.17. The zero-order valence-corrected chi connectivity index (χ0v) is 10.1. The lowest BCUT2D eigenvalue weighted by atomic mass is 10.1. The first kappa shape index (κ1) is 9.40. The lowest BCUT2D eigenvalue weighted by Gasteiger charge is -1.97. The zero-order chi connectivity index (χ0) is 10.3. The summed E-state index contributed by atoms with van der Waals surface area (Å²) in [6.07, 6.45) is 6.37. The summed E-state index contributed by atoms with van der Waals surface area (Å²) in [6.45, 7) is 0. The Morgan fingerprint density at radius 2 is 2.00 bits per heavy atom. The van der Waals surface area contributed by atoms with Gasteiger partial charge in [0.15, 0.2) is 0 Å². The zero-order valence-electron chi connectivity index (χ0n) is 8.52. The largest absolute Gasteiger partial charge is 0.343 e. The van der Waals surface area contributed by atoms with E-state index in [2.05, 4.69) is 32.0 Å². The summed E-state index contributed by atoms with van der Waals surface area (Å²) in [7, 11) is 0. The first-order valence-electron chi connectivity index (χ1n) is 5.50. The van der Waals surface area contributed by atoms with Crippen molar-refractivity contribution in [3.05, 3.63) is 28.0 Å². The Balaban J connectivity index is 2.23. The van der Waals surface area contributed by atoms with E-state index in [1.165, 1.54) is 48.7 Å². The van der Waals surface area contributed by atoms with Gasteiger partial charge in [0, 0.05) is 11.1 Å². The van der Waals surface area contributed by atoms with Crippen LogP contribution in [-0.4, -0.2) is 9.97 Å². The highest BCUT2D eigenvalue weighted by Gasteiger charge is 2.14. The maximum atomic E-state index is 4.47. The molecular weight excluding hydrogens is 252 g/mol. The lowest BCUT2D eigenvalue weighted by Crippen LogP contribution is -1.86. The molecule has 0 atom stereocenters. The fourth-order valence-electron chi connectivity index (χ4n) is 2.43. The molecule has 2 nitrogen and oxygen atoms in total. The average Bonchev–Trinajstić information content (AvgIpc) is 2.42. The molecule has 0 amide bonds. The molecule has 0 aromatic carbocycles. The van der Waals surface area contributed by atoms with Gasteiger partial charge in [0.05, 0.1) is 0 Å².